The van der Waals surface area contributed by atoms with Crippen molar-refractivity contribution in [2.75, 3.05) is 0 Å². The van der Waals surface area contributed by atoms with Gasteiger partial charge in [0.1, 0.15) is 5.82 Å². The number of rotatable bonds is 4. The van der Waals surface area contributed by atoms with Crippen LogP contribution in [-0.4, -0.2) is 10.2 Å². The molecule has 0 fully saturated rings. The van der Waals surface area contributed by atoms with Crippen molar-refractivity contribution in [2.24, 2.45) is 0 Å². The van der Waals surface area contributed by atoms with Gasteiger partial charge in [0.15, 0.2) is 0 Å². The molecule has 0 bridgehead atoms. The van der Waals surface area contributed by atoms with Gasteiger partial charge in [0.25, 0.3) is 0 Å². The summed E-state index contributed by atoms with van der Waals surface area (Å²) >= 11 is 0. The highest BCUT2D eigenvalue weighted by atomic mass is 19.1. The Bertz CT molecular complexity index is 505. The Labute approximate surface area is 100 Å². The minimum atomic E-state index is -0.149. The average molecular weight is 233 g/mol. The second-order valence-electron chi connectivity index (χ2n) is 4.21. The molecule has 0 unspecified atom stereocenters. The molecule has 0 saturated carbocycles. The van der Waals surface area contributed by atoms with Crippen molar-refractivity contribution in [1.82, 2.24) is 15.5 Å². The molecule has 0 saturated heterocycles. The smallest absolute Gasteiger partial charge is 0.126 e. The number of halogens is 1. The van der Waals surface area contributed by atoms with Gasteiger partial charge in [0.05, 0.1) is 6.20 Å². The van der Waals surface area contributed by atoms with Crippen molar-refractivity contribution < 1.29 is 4.39 Å². The highest BCUT2D eigenvalue weighted by molar-refractivity contribution is 5.23. The van der Waals surface area contributed by atoms with E-state index in [9.17, 15) is 4.39 Å². The number of benzene rings is 1. The van der Waals surface area contributed by atoms with Crippen LogP contribution in [0.1, 0.15) is 22.4 Å². The highest BCUT2D eigenvalue weighted by Crippen LogP contribution is 2.09. The second-order valence-corrected chi connectivity index (χ2v) is 4.21. The fourth-order valence-corrected chi connectivity index (χ4v) is 1.64. The average Bonchev–Trinajstić information content (AvgIpc) is 2.70. The summed E-state index contributed by atoms with van der Waals surface area (Å²) < 4.78 is 13.3. The number of hydrogen-bond acceptors (Lipinski definition) is 2. The van der Waals surface area contributed by atoms with Gasteiger partial charge in [-0.3, -0.25) is 5.10 Å². The van der Waals surface area contributed by atoms with E-state index >= 15 is 0 Å². The largest absolute Gasteiger partial charge is 0.308 e. The van der Waals surface area contributed by atoms with E-state index in [-0.39, 0.29) is 5.82 Å². The van der Waals surface area contributed by atoms with Gasteiger partial charge in [-0.05, 0) is 31.0 Å². The molecule has 0 amide bonds. The highest BCUT2D eigenvalue weighted by Gasteiger charge is 2.01. The third kappa shape index (κ3) is 2.91. The first kappa shape index (κ1) is 11.8. The molecule has 90 valence electrons. The standard InChI is InChI=1S/C13H16FN3/c1-9-3-4-11(5-13(9)14)6-15-7-12-8-16-17-10(12)2/h3-5,8,15H,6-7H2,1-2H3,(H,16,17). The molecule has 2 rings (SSSR count). The molecule has 1 aromatic carbocycles. The summed E-state index contributed by atoms with van der Waals surface area (Å²) in [5.74, 6) is -0.149. The zero-order valence-electron chi connectivity index (χ0n) is 10.0. The van der Waals surface area contributed by atoms with Gasteiger partial charge in [-0.2, -0.15) is 5.10 Å². The molecule has 2 aromatic rings. The van der Waals surface area contributed by atoms with Crippen LogP contribution in [0.5, 0.6) is 0 Å². The van der Waals surface area contributed by atoms with Crippen LogP contribution in [0.4, 0.5) is 4.39 Å². The normalized spacial score (nSPS) is 10.8. The van der Waals surface area contributed by atoms with Crippen LogP contribution >= 0.6 is 0 Å². The lowest BCUT2D eigenvalue weighted by Crippen LogP contribution is -2.13. The maximum absolute atomic E-state index is 13.3. The maximum atomic E-state index is 13.3. The molecule has 1 aromatic heterocycles. The Balaban J connectivity index is 1.90. The van der Waals surface area contributed by atoms with Crippen LogP contribution in [0.2, 0.25) is 0 Å². The quantitative estimate of drug-likeness (QED) is 0.851. The third-order valence-corrected chi connectivity index (χ3v) is 2.82. The van der Waals surface area contributed by atoms with Crippen LogP contribution in [0, 0.1) is 19.7 Å². The SMILES string of the molecule is Cc1ccc(CNCc2cn[nH]c2C)cc1F. The zero-order valence-corrected chi connectivity index (χ0v) is 10.0. The van der Waals surface area contributed by atoms with Crippen LogP contribution < -0.4 is 5.32 Å². The fourth-order valence-electron chi connectivity index (χ4n) is 1.64. The summed E-state index contributed by atoms with van der Waals surface area (Å²) in [6.45, 7) is 5.14. The summed E-state index contributed by atoms with van der Waals surface area (Å²) in [5, 5.41) is 10.1. The summed E-state index contributed by atoms with van der Waals surface area (Å²) in [4.78, 5) is 0. The number of aromatic nitrogens is 2. The predicted octanol–water partition coefficient (Wildman–Crippen LogP) is 2.46. The van der Waals surface area contributed by atoms with E-state index in [2.05, 4.69) is 15.5 Å². The Morgan fingerprint density at radius 1 is 1.29 bits per heavy atom. The van der Waals surface area contributed by atoms with Gasteiger partial charge in [-0.1, -0.05) is 12.1 Å². The van der Waals surface area contributed by atoms with Crippen LogP contribution in [0.3, 0.4) is 0 Å². The Hall–Kier alpha value is -1.68. The molecule has 2 N–H and O–H groups in total. The maximum Gasteiger partial charge on any atom is 0.126 e. The molecular weight excluding hydrogens is 217 g/mol. The van der Waals surface area contributed by atoms with E-state index in [1.165, 1.54) is 0 Å². The molecule has 1 heterocycles. The number of hydrogen-bond donors (Lipinski definition) is 2. The van der Waals surface area contributed by atoms with Gasteiger partial charge in [-0.25, -0.2) is 4.39 Å². The van der Waals surface area contributed by atoms with E-state index in [1.807, 2.05) is 13.0 Å². The minimum absolute atomic E-state index is 0.149. The molecule has 0 spiro atoms. The topological polar surface area (TPSA) is 40.7 Å². The summed E-state index contributed by atoms with van der Waals surface area (Å²) in [6.07, 6.45) is 1.80. The van der Waals surface area contributed by atoms with Crippen molar-refractivity contribution in [3.8, 4) is 0 Å². The monoisotopic (exact) mass is 233 g/mol. The number of aromatic amines is 1. The second kappa shape index (κ2) is 5.10. The molecule has 4 heteroatoms. The number of aryl methyl sites for hydroxylation is 2. The summed E-state index contributed by atoms with van der Waals surface area (Å²) in [6, 6.07) is 5.31. The van der Waals surface area contributed by atoms with Gasteiger partial charge >= 0.3 is 0 Å². The molecule has 17 heavy (non-hydrogen) atoms. The van der Waals surface area contributed by atoms with Crippen LogP contribution in [-0.2, 0) is 13.1 Å². The fraction of sp³-hybridized carbons (Fsp3) is 0.308. The summed E-state index contributed by atoms with van der Waals surface area (Å²) in [5.41, 5.74) is 3.83. The first-order chi connectivity index (χ1) is 8.16. The molecule has 0 aliphatic heterocycles. The number of nitrogens with one attached hydrogen (secondary N) is 2. The molecule has 0 radical (unpaired) electrons. The van der Waals surface area contributed by atoms with E-state index in [0.717, 1.165) is 23.4 Å². The molecule has 3 nitrogen and oxygen atoms in total. The number of nitrogens with zero attached hydrogens (tertiary/aromatic N) is 1. The van der Waals surface area contributed by atoms with Crippen molar-refractivity contribution in [3.63, 3.8) is 0 Å². The van der Waals surface area contributed by atoms with E-state index in [0.29, 0.717) is 12.1 Å². The van der Waals surface area contributed by atoms with Crippen molar-refractivity contribution >= 4 is 0 Å². The third-order valence-electron chi connectivity index (χ3n) is 2.82. The van der Waals surface area contributed by atoms with Gasteiger partial charge in [0.2, 0.25) is 0 Å². The van der Waals surface area contributed by atoms with E-state index in [1.54, 1.807) is 25.3 Å². The van der Waals surface area contributed by atoms with Gasteiger partial charge in [0, 0.05) is 24.3 Å². The zero-order chi connectivity index (χ0) is 12.3. The molecule has 0 aliphatic carbocycles. The van der Waals surface area contributed by atoms with E-state index < -0.39 is 0 Å². The first-order valence-corrected chi connectivity index (χ1v) is 5.61. The Morgan fingerprint density at radius 3 is 2.76 bits per heavy atom. The minimum Gasteiger partial charge on any atom is -0.308 e. The van der Waals surface area contributed by atoms with E-state index in [4.69, 9.17) is 0 Å². The summed E-state index contributed by atoms with van der Waals surface area (Å²) in [7, 11) is 0. The first-order valence-electron chi connectivity index (χ1n) is 5.61. The molecule has 0 aliphatic rings. The van der Waals surface area contributed by atoms with Crippen LogP contribution in [0.15, 0.2) is 24.4 Å². The lowest BCUT2D eigenvalue weighted by Gasteiger charge is -2.05. The lowest BCUT2D eigenvalue weighted by atomic mass is 10.1. The van der Waals surface area contributed by atoms with Gasteiger partial charge in [-0.15, -0.1) is 0 Å². The van der Waals surface area contributed by atoms with Crippen molar-refractivity contribution in [3.05, 3.63) is 52.6 Å². The molecular formula is C13H16FN3. The van der Waals surface area contributed by atoms with Gasteiger partial charge < -0.3 is 5.32 Å². The number of H-pyrrole nitrogens is 1. The Kier molecular flexibility index (Phi) is 3.54. The predicted molar refractivity (Wildman–Crippen MR) is 65.0 cm³/mol. The molecule has 0 atom stereocenters. The van der Waals surface area contributed by atoms with Crippen molar-refractivity contribution in [1.29, 1.82) is 0 Å². The Morgan fingerprint density at radius 2 is 2.12 bits per heavy atom. The lowest BCUT2D eigenvalue weighted by molar-refractivity contribution is 0.611. The van der Waals surface area contributed by atoms with Crippen LogP contribution in [0.25, 0.3) is 0 Å². The van der Waals surface area contributed by atoms with Crippen molar-refractivity contribution in [2.45, 2.75) is 26.9 Å².